The molecule has 1 saturated carbocycles. The van der Waals surface area contributed by atoms with Gasteiger partial charge in [-0.25, -0.2) is 0 Å². The molecule has 14 heavy (non-hydrogen) atoms. The molecule has 1 heterocycles. The molecule has 1 aromatic heterocycles. The Bertz CT molecular complexity index is 299. The number of aryl methyl sites for hydroxylation is 1. The van der Waals surface area contributed by atoms with Gasteiger partial charge in [-0.15, -0.1) is 0 Å². The highest BCUT2D eigenvalue weighted by Gasteiger charge is 2.23. The zero-order valence-electron chi connectivity index (χ0n) is 8.87. The van der Waals surface area contributed by atoms with E-state index in [1.807, 2.05) is 11.7 Å². The van der Waals surface area contributed by atoms with Gasteiger partial charge in [0.2, 0.25) is 0 Å². The van der Waals surface area contributed by atoms with E-state index in [1.165, 1.54) is 30.5 Å². The lowest BCUT2D eigenvalue weighted by Crippen LogP contribution is -2.12. The zero-order valence-corrected chi connectivity index (χ0v) is 8.87. The van der Waals surface area contributed by atoms with Crippen LogP contribution >= 0.6 is 0 Å². The Labute approximate surface area is 85.3 Å². The smallest absolute Gasteiger partial charge is 0.0527 e. The van der Waals surface area contributed by atoms with Crippen LogP contribution in [0.15, 0.2) is 6.20 Å². The van der Waals surface area contributed by atoms with E-state index in [1.54, 1.807) is 0 Å². The Hall–Kier alpha value is -0.830. The van der Waals surface area contributed by atoms with E-state index in [0.29, 0.717) is 0 Å². The Balaban J connectivity index is 2.12. The van der Waals surface area contributed by atoms with Gasteiger partial charge in [0.15, 0.2) is 0 Å². The van der Waals surface area contributed by atoms with Crippen molar-refractivity contribution in [2.75, 3.05) is 6.54 Å². The van der Waals surface area contributed by atoms with Gasteiger partial charge in [-0.05, 0) is 43.7 Å². The number of aromatic nitrogens is 2. The summed E-state index contributed by atoms with van der Waals surface area (Å²) in [7, 11) is 2.04. The van der Waals surface area contributed by atoms with Crippen LogP contribution in [0.5, 0.6) is 0 Å². The number of rotatable bonds is 4. The van der Waals surface area contributed by atoms with E-state index in [4.69, 9.17) is 5.73 Å². The molecule has 2 rings (SSSR count). The van der Waals surface area contributed by atoms with Crippen molar-refractivity contribution in [1.82, 2.24) is 9.78 Å². The molecule has 3 nitrogen and oxygen atoms in total. The Morgan fingerprint density at radius 2 is 2.36 bits per heavy atom. The molecule has 0 saturated heterocycles. The number of hydrogen-bond acceptors (Lipinski definition) is 2. The molecule has 0 spiro atoms. The quantitative estimate of drug-likeness (QED) is 0.789. The molecule has 0 unspecified atom stereocenters. The van der Waals surface area contributed by atoms with Gasteiger partial charge in [-0.3, -0.25) is 4.68 Å². The molecule has 2 N–H and O–H groups in total. The highest BCUT2D eigenvalue weighted by molar-refractivity contribution is 5.24. The molecule has 0 atom stereocenters. The summed E-state index contributed by atoms with van der Waals surface area (Å²) in [6, 6.07) is 0. The normalized spacial score (nSPS) is 17.0. The van der Waals surface area contributed by atoms with Crippen LogP contribution in [-0.2, 0) is 13.5 Å². The monoisotopic (exact) mass is 193 g/mol. The minimum absolute atomic E-state index is 0.773. The standard InChI is InChI=1S/C11H19N3/c1-14-11(6-3-7-12)10(8-13-14)9-4-2-5-9/h8-9H,2-7,12H2,1H3. The predicted octanol–water partition coefficient (Wildman–Crippen LogP) is 1.58. The molecule has 1 aliphatic rings. The van der Waals surface area contributed by atoms with Crippen LogP contribution in [-0.4, -0.2) is 16.3 Å². The van der Waals surface area contributed by atoms with Crippen LogP contribution < -0.4 is 5.73 Å². The van der Waals surface area contributed by atoms with Gasteiger partial charge < -0.3 is 5.73 Å². The van der Waals surface area contributed by atoms with Gasteiger partial charge in [0.25, 0.3) is 0 Å². The molecule has 1 fully saturated rings. The summed E-state index contributed by atoms with van der Waals surface area (Å²) in [6.45, 7) is 0.773. The maximum Gasteiger partial charge on any atom is 0.0527 e. The van der Waals surface area contributed by atoms with Crippen molar-refractivity contribution in [3.63, 3.8) is 0 Å². The summed E-state index contributed by atoms with van der Waals surface area (Å²) < 4.78 is 2.02. The lowest BCUT2D eigenvalue weighted by atomic mass is 9.80. The maximum absolute atomic E-state index is 5.54. The Morgan fingerprint density at radius 3 is 2.93 bits per heavy atom. The maximum atomic E-state index is 5.54. The van der Waals surface area contributed by atoms with E-state index in [2.05, 4.69) is 11.3 Å². The van der Waals surface area contributed by atoms with Gasteiger partial charge in [0, 0.05) is 12.7 Å². The largest absolute Gasteiger partial charge is 0.330 e. The van der Waals surface area contributed by atoms with Gasteiger partial charge in [-0.1, -0.05) is 6.42 Å². The van der Waals surface area contributed by atoms with Gasteiger partial charge in [-0.2, -0.15) is 5.10 Å². The van der Waals surface area contributed by atoms with Crippen LogP contribution in [0.25, 0.3) is 0 Å². The molecule has 78 valence electrons. The highest BCUT2D eigenvalue weighted by Crippen LogP contribution is 2.37. The molecular weight excluding hydrogens is 174 g/mol. The van der Waals surface area contributed by atoms with Crippen LogP contribution in [0.4, 0.5) is 0 Å². The van der Waals surface area contributed by atoms with Gasteiger partial charge in [0.1, 0.15) is 0 Å². The number of nitrogens with zero attached hydrogens (tertiary/aromatic N) is 2. The third kappa shape index (κ3) is 1.69. The summed E-state index contributed by atoms with van der Waals surface area (Å²) in [5.74, 6) is 0.788. The fourth-order valence-corrected chi connectivity index (χ4v) is 2.12. The summed E-state index contributed by atoms with van der Waals surface area (Å²) >= 11 is 0. The van der Waals surface area contributed by atoms with E-state index in [9.17, 15) is 0 Å². The highest BCUT2D eigenvalue weighted by atomic mass is 15.3. The second-order valence-electron chi connectivity index (χ2n) is 4.19. The first-order chi connectivity index (χ1) is 6.83. The second kappa shape index (κ2) is 4.13. The number of hydrogen-bond donors (Lipinski definition) is 1. The topological polar surface area (TPSA) is 43.8 Å². The lowest BCUT2D eigenvalue weighted by molar-refractivity contribution is 0.416. The first-order valence-electron chi connectivity index (χ1n) is 5.53. The first kappa shape index (κ1) is 9.71. The summed E-state index contributed by atoms with van der Waals surface area (Å²) in [5, 5.41) is 4.35. The minimum atomic E-state index is 0.773. The van der Waals surface area contributed by atoms with Crippen molar-refractivity contribution >= 4 is 0 Å². The number of nitrogens with two attached hydrogens (primary N) is 1. The van der Waals surface area contributed by atoms with Crippen LogP contribution in [0.3, 0.4) is 0 Å². The second-order valence-corrected chi connectivity index (χ2v) is 4.19. The summed E-state index contributed by atoms with van der Waals surface area (Å²) in [4.78, 5) is 0. The van der Waals surface area contributed by atoms with Crippen molar-refractivity contribution < 1.29 is 0 Å². The van der Waals surface area contributed by atoms with Crippen molar-refractivity contribution in [2.24, 2.45) is 12.8 Å². The molecule has 0 aliphatic heterocycles. The van der Waals surface area contributed by atoms with Crippen LogP contribution in [0, 0.1) is 0 Å². The minimum Gasteiger partial charge on any atom is -0.330 e. The molecule has 0 aromatic carbocycles. The third-order valence-corrected chi connectivity index (χ3v) is 3.26. The van der Waals surface area contributed by atoms with Crippen molar-refractivity contribution in [3.8, 4) is 0 Å². The first-order valence-corrected chi connectivity index (χ1v) is 5.53. The van der Waals surface area contributed by atoms with Crippen LogP contribution in [0.2, 0.25) is 0 Å². The van der Waals surface area contributed by atoms with Crippen molar-refractivity contribution in [1.29, 1.82) is 0 Å². The zero-order chi connectivity index (χ0) is 9.97. The fourth-order valence-electron chi connectivity index (χ4n) is 2.12. The van der Waals surface area contributed by atoms with E-state index in [0.717, 1.165) is 25.3 Å². The van der Waals surface area contributed by atoms with E-state index < -0.39 is 0 Å². The molecular formula is C11H19N3. The van der Waals surface area contributed by atoms with Crippen molar-refractivity contribution in [3.05, 3.63) is 17.5 Å². The average molecular weight is 193 g/mol. The third-order valence-electron chi connectivity index (χ3n) is 3.26. The molecule has 0 amide bonds. The fraction of sp³-hybridized carbons (Fsp3) is 0.727. The predicted molar refractivity (Wildman–Crippen MR) is 57.2 cm³/mol. The average Bonchev–Trinajstić information content (AvgIpc) is 2.42. The van der Waals surface area contributed by atoms with Crippen molar-refractivity contribution in [2.45, 2.75) is 38.0 Å². The summed E-state index contributed by atoms with van der Waals surface area (Å²) in [5.41, 5.74) is 8.42. The van der Waals surface area contributed by atoms with Gasteiger partial charge in [0.05, 0.1) is 6.20 Å². The molecule has 1 aromatic rings. The SMILES string of the molecule is Cn1ncc(C2CCC2)c1CCCN. The van der Waals surface area contributed by atoms with E-state index >= 15 is 0 Å². The molecule has 3 heteroatoms. The summed E-state index contributed by atoms with van der Waals surface area (Å²) in [6.07, 6.45) is 8.28. The van der Waals surface area contributed by atoms with E-state index in [-0.39, 0.29) is 0 Å². The molecule has 1 aliphatic carbocycles. The lowest BCUT2D eigenvalue weighted by Gasteiger charge is -2.25. The van der Waals surface area contributed by atoms with Gasteiger partial charge >= 0.3 is 0 Å². The molecule has 0 bridgehead atoms. The Kier molecular flexibility index (Phi) is 2.87. The Morgan fingerprint density at radius 1 is 1.57 bits per heavy atom. The van der Waals surface area contributed by atoms with Crippen LogP contribution in [0.1, 0.15) is 42.9 Å². The molecule has 0 radical (unpaired) electrons.